The minimum atomic E-state index is -4.56. The number of aromatic nitrogens is 2. The van der Waals surface area contributed by atoms with Gasteiger partial charge < -0.3 is 5.32 Å². The first-order valence-corrected chi connectivity index (χ1v) is 6.44. The van der Waals surface area contributed by atoms with Gasteiger partial charge in [-0.15, -0.1) is 0 Å². The molecule has 0 aliphatic rings. The number of rotatable bonds is 2. The van der Waals surface area contributed by atoms with Crippen molar-refractivity contribution in [3.05, 3.63) is 44.9 Å². The van der Waals surface area contributed by atoms with E-state index in [9.17, 15) is 13.2 Å². The second kappa shape index (κ2) is 5.49. The Morgan fingerprint density at radius 2 is 1.89 bits per heavy atom. The molecule has 8 heteroatoms. The van der Waals surface area contributed by atoms with Gasteiger partial charge in [-0.2, -0.15) is 13.2 Å². The molecule has 1 aromatic carbocycles. The number of anilines is 2. The smallest absolute Gasteiger partial charge is 0.340 e. The van der Waals surface area contributed by atoms with Gasteiger partial charge in [0.05, 0.1) is 0 Å². The first kappa shape index (κ1) is 14.3. The van der Waals surface area contributed by atoms with Crippen LogP contribution in [0.5, 0.6) is 0 Å². The lowest BCUT2D eigenvalue weighted by molar-refractivity contribution is -0.141. The fraction of sp³-hybridized carbons (Fsp3) is 0.0909. The molecule has 0 bridgehead atoms. The molecule has 1 aromatic heterocycles. The Morgan fingerprint density at radius 3 is 2.53 bits per heavy atom. The second-order valence-electron chi connectivity index (χ2n) is 3.54. The van der Waals surface area contributed by atoms with Crippen LogP contribution in [-0.2, 0) is 6.18 Å². The highest BCUT2D eigenvalue weighted by atomic mass is 127. The van der Waals surface area contributed by atoms with Crippen LogP contribution in [0.1, 0.15) is 5.69 Å². The van der Waals surface area contributed by atoms with Crippen LogP contribution in [0.2, 0.25) is 5.28 Å². The predicted molar refractivity (Wildman–Crippen MR) is 74.5 cm³/mol. The highest BCUT2D eigenvalue weighted by molar-refractivity contribution is 14.1. The van der Waals surface area contributed by atoms with Crippen molar-refractivity contribution < 1.29 is 13.2 Å². The Labute approximate surface area is 125 Å². The van der Waals surface area contributed by atoms with Gasteiger partial charge in [0.25, 0.3) is 0 Å². The summed E-state index contributed by atoms with van der Waals surface area (Å²) in [5.74, 6) is -0.00525. The maximum Gasteiger partial charge on any atom is 0.433 e. The van der Waals surface area contributed by atoms with E-state index in [-0.39, 0.29) is 5.82 Å². The molecule has 0 saturated heterocycles. The third kappa shape index (κ3) is 3.93. The van der Waals surface area contributed by atoms with Gasteiger partial charge in [0, 0.05) is 15.3 Å². The molecule has 100 valence electrons. The fourth-order valence-electron chi connectivity index (χ4n) is 1.34. The molecule has 0 unspecified atom stereocenters. The van der Waals surface area contributed by atoms with Crippen molar-refractivity contribution in [1.29, 1.82) is 0 Å². The van der Waals surface area contributed by atoms with Gasteiger partial charge in [0.2, 0.25) is 5.28 Å². The van der Waals surface area contributed by atoms with E-state index in [0.29, 0.717) is 5.69 Å². The van der Waals surface area contributed by atoms with Gasteiger partial charge in [-0.3, -0.25) is 0 Å². The molecule has 0 aliphatic heterocycles. The van der Waals surface area contributed by atoms with Crippen LogP contribution in [-0.4, -0.2) is 9.97 Å². The molecule has 3 nitrogen and oxygen atoms in total. The molecular formula is C11H6ClF3IN3. The van der Waals surface area contributed by atoms with Crippen LogP contribution in [0.15, 0.2) is 30.3 Å². The largest absolute Gasteiger partial charge is 0.433 e. The minimum absolute atomic E-state index is 0.00525. The van der Waals surface area contributed by atoms with Crippen LogP contribution >= 0.6 is 34.2 Å². The van der Waals surface area contributed by atoms with Gasteiger partial charge >= 0.3 is 6.18 Å². The van der Waals surface area contributed by atoms with E-state index in [4.69, 9.17) is 11.6 Å². The highest BCUT2D eigenvalue weighted by Gasteiger charge is 2.33. The molecule has 0 radical (unpaired) electrons. The molecule has 0 amide bonds. The van der Waals surface area contributed by atoms with Crippen molar-refractivity contribution in [1.82, 2.24) is 9.97 Å². The highest BCUT2D eigenvalue weighted by Crippen LogP contribution is 2.30. The topological polar surface area (TPSA) is 37.8 Å². The lowest BCUT2D eigenvalue weighted by atomic mass is 10.3. The van der Waals surface area contributed by atoms with E-state index < -0.39 is 17.2 Å². The average Bonchev–Trinajstić information content (AvgIpc) is 2.26. The van der Waals surface area contributed by atoms with E-state index in [0.717, 1.165) is 9.64 Å². The van der Waals surface area contributed by atoms with Crippen molar-refractivity contribution in [2.45, 2.75) is 6.18 Å². The van der Waals surface area contributed by atoms with Crippen molar-refractivity contribution in [2.24, 2.45) is 0 Å². The first-order chi connectivity index (χ1) is 8.84. The number of halogens is 5. The van der Waals surface area contributed by atoms with Gasteiger partial charge in [-0.25, -0.2) is 9.97 Å². The predicted octanol–water partition coefficient (Wildman–Crippen LogP) is 4.50. The van der Waals surface area contributed by atoms with Gasteiger partial charge in [-0.05, 0) is 52.4 Å². The molecule has 19 heavy (non-hydrogen) atoms. The maximum absolute atomic E-state index is 12.6. The van der Waals surface area contributed by atoms with Crippen LogP contribution < -0.4 is 5.32 Å². The van der Waals surface area contributed by atoms with Crippen LogP contribution in [0.4, 0.5) is 24.7 Å². The molecule has 0 aliphatic carbocycles. The summed E-state index contributed by atoms with van der Waals surface area (Å²) in [5, 5.41) is 2.30. The minimum Gasteiger partial charge on any atom is -0.340 e. The summed E-state index contributed by atoms with van der Waals surface area (Å²) in [6, 6.07) is 7.93. The Bertz CT molecular complexity index is 604. The molecule has 0 saturated carbocycles. The normalized spacial score (nSPS) is 11.4. The molecule has 1 heterocycles. The fourth-order valence-corrected chi connectivity index (χ4v) is 2.07. The summed E-state index contributed by atoms with van der Waals surface area (Å²) in [6.45, 7) is 0. The number of nitrogens with one attached hydrogen (secondary N) is 1. The molecule has 0 fully saturated rings. The van der Waals surface area contributed by atoms with E-state index >= 15 is 0 Å². The number of benzene rings is 1. The zero-order valence-corrected chi connectivity index (χ0v) is 12.1. The summed E-state index contributed by atoms with van der Waals surface area (Å²) in [6.07, 6.45) is -4.56. The molecule has 0 spiro atoms. The van der Waals surface area contributed by atoms with E-state index in [1.54, 1.807) is 18.2 Å². The Hall–Kier alpha value is -1.09. The maximum atomic E-state index is 12.6. The number of nitrogens with zero attached hydrogens (tertiary/aromatic N) is 2. The summed E-state index contributed by atoms with van der Waals surface area (Å²) in [7, 11) is 0. The average molecular weight is 400 g/mol. The zero-order chi connectivity index (χ0) is 14.0. The Balaban J connectivity index is 2.33. The summed E-state index contributed by atoms with van der Waals surface area (Å²) < 4.78 is 38.7. The molecule has 2 rings (SSSR count). The molecular weight excluding hydrogens is 393 g/mol. The third-order valence-electron chi connectivity index (χ3n) is 2.09. The lowest BCUT2D eigenvalue weighted by Gasteiger charge is -2.10. The van der Waals surface area contributed by atoms with Crippen LogP contribution in [0.25, 0.3) is 0 Å². The quantitative estimate of drug-likeness (QED) is 0.597. The summed E-state index contributed by atoms with van der Waals surface area (Å²) in [5.41, 5.74) is -0.463. The molecule has 1 N–H and O–H groups in total. The monoisotopic (exact) mass is 399 g/mol. The van der Waals surface area contributed by atoms with Crippen LogP contribution in [0, 0.1) is 3.57 Å². The number of hydrogen-bond donors (Lipinski definition) is 1. The van der Waals surface area contributed by atoms with Crippen molar-refractivity contribution in [2.75, 3.05) is 5.32 Å². The summed E-state index contributed by atoms with van der Waals surface area (Å²) >= 11 is 7.59. The van der Waals surface area contributed by atoms with Crippen molar-refractivity contribution >= 4 is 45.7 Å². The van der Waals surface area contributed by atoms with E-state index in [2.05, 4.69) is 37.9 Å². The van der Waals surface area contributed by atoms with E-state index in [1.165, 1.54) is 0 Å². The Kier molecular flexibility index (Phi) is 4.14. The Morgan fingerprint density at radius 1 is 1.16 bits per heavy atom. The van der Waals surface area contributed by atoms with Crippen molar-refractivity contribution in [3.63, 3.8) is 0 Å². The van der Waals surface area contributed by atoms with Gasteiger partial charge in [0.15, 0.2) is 5.69 Å². The summed E-state index contributed by atoms with van der Waals surface area (Å²) in [4.78, 5) is 6.87. The third-order valence-corrected chi connectivity index (χ3v) is 2.93. The SMILES string of the molecule is FC(F)(F)c1cc(Nc2cccc(I)c2)nc(Cl)n1. The van der Waals surface area contributed by atoms with Crippen LogP contribution in [0.3, 0.4) is 0 Å². The molecule has 2 aromatic rings. The second-order valence-corrected chi connectivity index (χ2v) is 5.12. The first-order valence-electron chi connectivity index (χ1n) is 4.99. The number of hydrogen-bond acceptors (Lipinski definition) is 3. The molecule has 0 atom stereocenters. The van der Waals surface area contributed by atoms with Gasteiger partial charge in [-0.1, -0.05) is 6.07 Å². The van der Waals surface area contributed by atoms with Crippen molar-refractivity contribution in [3.8, 4) is 0 Å². The standard InChI is InChI=1S/C11H6ClF3IN3/c12-10-18-8(11(13,14)15)5-9(19-10)17-7-3-1-2-6(16)4-7/h1-5H,(H,17,18,19). The van der Waals surface area contributed by atoms with E-state index in [1.807, 2.05) is 6.07 Å². The van der Waals surface area contributed by atoms with Gasteiger partial charge in [0.1, 0.15) is 5.82 Å². The number of alkyl halides is 3. The lowest BCUT2D eigenvalue weighted by Crippen LogP contribution is -2.10. The zero-order valence-electron chi connectivity index (χ0n) is 9.17.